The van der Waals surface area contributed by atoms with Crippen molar-refractivity contribution in [3.8, 4) is 17.0 Å². The van der Waals surface area contributed by atoms with E-state index < -0.39 is 5.97 Å². The largest absolute Gasteiger partial charge is 0.489 e. The Balaban J connectivity index is 1.45. The lowest BCUT2D eigenvalue weighted by atomic mass is 10.1. The van der Waals surface area contributed by atoms with Crippen LogP contribution in [0.25, 0.3) is 22.3 Å². The maximum absolute atomic E-state index is 11.9. The van der Waals surface area contributed by atoms with Crippen LogP contribution in [0.4, 0.5) is 0 Å². The summed E-state index contributed by atoms with van der Waals surface area (Å²) >= 11 is 0. The first-order valence-electron chi connectivity index (χ1n) is 10.4. The molecule has 3 heterocycles. The van der Waals surface area contributed by atoms with E-state index in [0.29, 0.717) is 29.9 Å². The van der Waals surface area contributed by atoms with Crippen molar-refractivity contribution in [2.24, 2.45) is 0 Å². The molecule has 7 nitrogen and oxygen atoms in total. The highest BCUT2D eigenvalue weighted by Crippen LogP contribution is 2.27. The molecule has 0 aliphatic carbocycles. The molecule has 5 rings (SSSR count). The van der Waals surface area contributed by atoms with Crippen LogP contribution in [-0.2, 0) is 13.2 Å². The normalized spacial score (nSPS) is 10.9. The molecule has 1 N–H and O–H groups in total. The molecule has 0 aliphatic heterocycles. The van der Waals surface area contributed by atoms with Crippen LogP contribution in [0.15, 0.2) is 91.4 Å². The molecule has 33 heavy (non-hydrogen) atoms. The van der Waals surface area contributed by atoms with E-state index in [2.05, 4.69) is 10.1 Å². The quantitative estimate of drug-likeness (QED) is 0.393. The van der Waals surface area contributed by atoms with Gasteiger partial charge in [-0.3, -0.25) is 4.98 Å². The lowest BCUT2D eigenvalue weighted by Gasteiger charge is -2.09. The molecule has 0 saturated carbocycles. The van der Waals surface area contributed by atoms with Crippen molar-refractivity contribution in [3.05, 3.63) is 108 Å². The van der Waals surface area contributed by atoms with Crippen LogP contribution in [0, 0.1) is 0 Å². The number of pyridine rings is 2. The van der Waals surface area contributed by atoms with Gasteiger partial charge in [-0.25, -0.2) is 14.5 Å². The van der Waals surface area contributed by atoms with Crippen LogP contribution < -0.4 is 4.74 Å². The molecule has 3 aromatic heterocycles. The summed E-state index contributed by atoms with van der Waals surface area (Å²) in [7, 11) is 0. The minimum atomic E-state index is -1.02. The van der Waals surface area contributed by atoms with Gasteiger partial charge in [0.15, 0.2) is 5.65 Å². The summed E-state index contributed by atoms with van der Waals surface area (Å²) in [6.07, 6.45) is 4.98. The zero-order chi connectivity index (χ0) is 22.6. The number of hydrogen-bond acceptors (Lipinski definition) is 5. The monoisotopic (exact) mass is 436 g/mol. The molecular formula is C26H20N4O3. The van der Waals surface area contributed by atoms with Crippen LogP contribution in [0.1, 0.15) is 21.5 Å². The van der Waals surface area contributed by atoms with Gasteiger partial charge in [0.25, 0.3) is 0 Å². The van der Waals surface area contributed by atoms with Gasteiger partial charge in [0.05, 0.1) is 29.4 Å². The van der Waals surface area contributed by atoms with E-state index in [9.17, 15) is 9.90 Å². The second-order valence-corrected chi connectivity index (χ2v) is 7.55. The maximum atomic E-state index is 11.9. The molecule has 0 saturated heterocycles. The van der Waals surface area contributed by atoms with Gasteiger partial charge in [0.2, 0.25) is 0 Å². The highest BCUT2D eigenvalue weighted by atomic mass is 16.5. The molecule has 0 amide bonds. The minimum absolute atomic E-state index is 0.167. The fourth-order valence-corrected chi connectivity index (χ4v) is 3.61. The molecule has 0 unspecified atom stereocenters. The molecule has 0 atom stereocenters. The summed E-state index contributed by atoms with van der Waals surface area (Å²) in [5.74, 6) is -0.292. The summed E-state index contributed by atoms with van der Waals surface area (Å²) in [6.45, 7) is 0.940. The highest BCUT2D eigenvalue weighted by Gasteiger charge is 2.17. The Morgan fingerprint density at radius 3 is 2.42 bits per heavy atom. The van der Waals surface area contributed by atoms with Gasteiger partial charge in [-0.1, -0.05) is 30.3 Å². The smallest absolute Gasteiger partial charge is 0.336 e. The van der Waals surface area contributed by atoms with Gasteiger partial charge >= 0.3 is 5.97 Å². The molecule has 0 bridgehead atoms. The summed E-state index contributed by atoms with van der Waals surface area (Å²) in [4.78, 5) is 20.7. The van der Waals surface area contributed by atoms with Gasteiger partial charge in [0.1, 0.15) is 12.4 Å². The Hall–Kier alpha value is -4.52. The molecule has 0 fully saturated rings. The number of hydrogen-bond donors (Lipinski definition) is 1. The van der Waals surface area contributed by atoms with E-state index in [1.165, 1.54) is 0 Å². The van der Waals surface area contributed by atoms with E-state index >= 15 is 0 Å². The Bertz CT molecular complexity index is 1400. The first-order chi connectivity index (χ1) is 16.2. The topological polar surface area (TPSA) is 90.1 Å². The number of benzene rings is 2. The number of carboxylic acid groups (broad SMARTS) is 1. The van der Waals surface area contributed by atoms with Crippen molar-refractivity contribution in [2.75, 3.05) is 0 Å². The van der Waals surface area contributed by atoms with Crippen LogP contribution in [-0.4, -0.2) is 30.8 Å². The number of aromatic nitrogens is 4. The maximum Gasteiger partial charge on any atom is 0.336 e. The lowest BCUT2D eigenvalue weighted by Crippen LogP contribution is -2.05. The minimum Gasteiger partial charge on any atom is -0.489 e. The third kappa shape index (κ3) is 4.43. The number of carboxylic acids is 1. The Morgan fingerprint density at radius 1 is 0.939 bits per heavy atom. The van der Waals surface area contributed by atoms with Crippen LogP contribution in [0.5, 0.6) is 5.75 Å². The molecule has 0 spiro atoms. The number of aromatic carboxylic acids is 1. The van der Waals surface area contributed by atoms with Crippen molar-refractivity contribution in [1.29, 1.82) is 0 Å². The van der Waals surface area contributed by atoms with Gasteiger partial charge in [0, 0.05) is 18.0 Å². The zero-order valence-corrected chi connectivity index (χ0v) is 17.6. The Morgan fingerprint density at radius 2 is 1.70 bits per heavy atom. The molecule has 0 aliphatic rings. The van der Waals surface area contributed by atoms with Gasteiger partial charge in [-0.05, 0) is 53.6 Å². The van der Waals surface area contributed by atoms with Gasteiger partial charge < -0.3 is 9.84 Å². The molecule has 7 heteroatoms. The summed E-state index contributed by atoms with van der Waals surface area (Å²) in [6, 6.07) is 22.8. The summed E-state index contributed by atoms with van der Waals surface area (Å²) in [5.41, 5.74) is 4.13. The van der Waals surface area contributed by atoms with E-state index in [4.69, 9.17) is 9.72 Å². The Kier molecular flexibility index (Phi) is 5.51. The Labute approximate surface area is 189 Å². The SMILES string of the molecule is O=C(O)c1cc(-c2ccc(OCc3ccccc3)cc2)nc2c1cnn2Cc1ccncc1. The highest BCUT2D eigenvalue weighted by molar-refractivity contribution is 6.02. The zero-order valence-electron chi connectivity index (χ0n) is 17.6. The standard InChI is InChI=1S/C26H20N4O3/c31-26(32)22-14-24(20-6-8-21(9-7-20)33-17-19-4-2-1-3-5-19)29-25-23(22)15-28-30(25)16-18-10-12-27-13-11-18/h1-15H,16-17H2,(H,31,32). The van der Waals surface area contributed by atoms with E-state index in [1.54, 1.807) is 29.3 Å². The first kappa shape index (κ1) is 20.4. The predicted molar refractivity (Wildman–Crippen MR) is 124 cm³/mol. The fraction of sp³-hybridized carbons (Fsp3) is 0.0769. The van der Waals surface area contributed by atoms with Crippen molar-refractivity contribution in [2.45, 2.75) is 13.2 Å². The average Bonchev–Trinajstić information content (AvgIpc) is 3.26. The molecule has 5 aromatic rings. The molecule has 162 valence electrons. The lowest BCUT2D eigenvalue weighted by molar-refractivity contribution is 0.0699. The second kappa shape index (κ2) is 8.92. The fourth-order valence-electron chi connectivity index (χ4n) is 3.61. The summed E-state index contributed by atoms with van der Waals surface area (Å²) in [5, 5.41) is 14.7. The number of fused-ring (bicyclic) bond motifs is 1. The van der Waals surface area contributed by atoms with Crippen LogP contribution in [0.2, 0.25) is 0 Å². The van der Waals surface area contributed by atoms with Crippen molar-refractivity contribution < 1.29 is 14.6 Å². The van der Waals surface area contributed by atoms with Gasteiger partial charge in [-0.15, -0.1) is 0 Å². The van der Waals surface area contributed by atoms with E-state index in [0.717, 1.165) is 22.4 Å². The van der Waals surface area contributed by atoms with Gasteiger partial charge in [-0.2, -0.15) is 5.10 Å². The third-order valence-electron chi connectivity index (χ3n) is 5.32. The molecule has 2 aromatic carbocycles. The van der Waals surface area contributed by atoms with E-state index in [-0.39, 0.29) is 5.56 Å². The second-order valence-electron chi connectivity index (χ2n) is 7.55. The first-order valence-corrected chi connectivity index (χ1v) is 10.4. The number of rotatable bonds is 7. The summed E-state index contributed by atoms with van der Waals surface area (Å²) < 4.78 is 7.56. The van der Waals surface area contributed by atoms with Crippen molar-refractivity contribution in [3.63, 3.8) is 0 Å². The van der Waals surface area contributed by atoms with Crippen LogP contribution in [0.3, 0.4) is 0 Å². The van der Waals surface area contributed by atoms with Crippen LogP contribution >= 0.6 is 0 Å². The van der Waals surface area contributed by atoms with E-state index in [1.807, 2.05) is 66.7 Å². The number of ether oxygens (including phenoxy) is 1. The third-order valence-corrected chi connectivity index (χ3v) is 5.32. The molecular weight excluding hydrogens is 416 g/mol. The predicted octanol–water partition coefficient (Wildman–Crippen LogP) is 4.82. The number of nitrogens with zero attached hydrogens (tertiary/aromatic N) is 4. The average molecular weight is 436 g/mol. The molecule has 0 radical (unpaired) electrons. The van der Waals surface area contributed by atoms with Crippen molar-refractivity contribution >= 4 is 17.0 Å². The van der Waals surface area contributed by atoms with Crippen molar-refractivity contribution in [1.82, 2.24) is 19.7 Å². The number of carbonyl (C=O) groups is 1.